The molecule has 8 heteroatoms. The molecule has 0 aliphatic carbocycles. The van der Waals surface area contributed by atoms with Crippen LogP contribution < -0.4 is 5.32 Å². The molecule has 0 bridgehead atoms. The zero-order valence-corrected chi connectivity index (χ0v) is 16.5. The van der Waals surface area contributed by atoms with Crippen LogP contribution in [-0.4, -0.2) is 15.5 Å². The molecular formula is C23H18F3N3O2. The number of carbonyl (C=O) groups is 1. The highest BCUT2D eigenvalue weighted by molar-refractivity contribution is 5.93. The van der Waals surface area contributed by atoms with E-state index < -0.39 is 11.7 Å². The van der Waals surface area contributed by atoms with Gasteiger partial charge >= 0.3 is 6.18 Å². The summed E-state index contributed by atoms with van der Waals surface area (Å²) in [5, 5.41) is 2.76. The zero-order valence-electron chi connectivity index (χ0n) is 16.5. The first-order chi connectivity index (χ1) is 14.8. The Hall–Kier alpha value is -3.81. The van der Waals surface area contributed by atoms with Crippen LogP contribution in [0, 0.1) is 6.92 Å². The number of imidazole rings is 1. The van der Waals surface area contributed by atoms with Crippen LogP contribution in [0.4, 0.5) is 13.2 Å². The molecular weight excluding hydrogens is 407 g/mol. The van der Waals surface area contributed by atoms with E-state index in [1.807, 2.05) is 6.92 Å². The van der Waals surface area contributed by atoms with Crippen LogP contribution in [0.2, 0.25) is 0 Å². The van der Waals surface area contributed by atoms with Crippen LogP contribution in [0.25, 0.3) is 16.8 Å². The van der Waals surface area contributed by atoms with Gasteiger partial charge in [0.15, 0.2) is 0 Å². The summed E-state index contributed by atoms with van der Waals surface area (Å²) in [5.41, 5.74) is 0.507. The van der Waals surface area contributed by atoms with Gasteiger partial charge in [-0.1, -0.05) is 30.3 Å². The van der Waals surface area contributed by atoms with E-state index in [1.54, 1.807) is 42.5 Å². The molecule has 0 saturated carbocycles. The highest BCUT2D eigenvalue weighted by Crippen LogP contribution is 2.37. The van der Waals surface area contributed by atoms with Gasteiger partial charge in [-0.15, -0.1) is 0 Å². The molecule has 2 aromatic heterocycles. The van der Waals surface area contributed by atoms with E-state index in [-0.39, 0.29) is 23.7 Å². The van der Waals surface area contributed by atoms with Crippen molar-refractivity contribution in [3.63, 3.8) is 0 Å². The van der Waals surface area contributed by atoms with E-state index in [1.165, 1.54) is 29.2 Å². The molecule has 1 N–H and O–H groups in total. The first kappa shape index (κ1) is 20.5. The fourth-order valence-electron chi connectivity index (χ4n) is 3.31. The molecule has 0 fully saturated rings. The number of amides is 1. The lowest BCUT2D eigenvalue weighted by molar-refractivity contribution is -0.137. The minimum absolute atomic E-state index is 0.0659. The van der Waals surface area contributed by atoms with Gasteiger partial charge in [0.05, 0.1) is 24.6 Å². The Labute approximate surface area is 176 Å². The Morgan fingerprint density at radius 3 is 2.65 bits per heavy atom. The molecule has 31 heavy (non-hydrogen) atoms. The van der Waals surface area contributed by atoms with Crippen molar-refractivity contribution in [3.05, 3.63) is 96.0 Å². The Morgan fingerprint density at radius 1 is 1.10 bits per heavy atom. The number of furan rings is 1. The first-order valence-electron chi connectivity index (χ1n) is 9.46. The Balaban J connectivity index is 1.63. The number of hydrogen-bond acceptors (Lipinski definition) is 3. The predicted octanol–water partition coefficient (Wildman–Crippen LogP) is 5.39. The number of hydrogen-bond donors (Lipinski definition) is 1. The summed E-state index contributed by atoms with van der Waals surface area (Å²) in [6.07, 6.45) is -1.63. The second-order valence-corrected chi connectivity index (χ2v) is 6.94. The molecule has 5 nitrogen and oxygen atoms in total. The summed E-state index contributed by atoms with van der Waals surface area (Å²) < 4.78 is 47.3. The smallest absolute Gasteiger partial charge is 0.417 e. The van der Waals surface area contributed by atoms with Crippen molar-refractivity contribution in [1.29, 1.82) is 0 Å². The van der Waals surface area contributed by atoms with Gasteiger partial charge in [0.1, 0.15) is 17.2 Å². The van der Waals surface area contributed by atoms with Crippen LogP contribution in [0.15, 0.2) is 77.6 Å². The second-order valence-electron chi connectivity index (χ2n) is 6.94. The molecule has 0 aliphatic heterocycles. The maximum Gasteiger partial charge on any atom is 0.417 e. The number of benzene rings is 2. The summed E-state index contributed by atoms with van der Waals surface area (Å²) in [5.74, 6) is 0.973. The summed E-state index contributed by atoms with van der Waals surface area (Å²) in [7, 11) is 0. The fraction of sp³-hybridized carbons (Fsp3) is 0.130. The molecule has 4 aromatic rings. The van der Waals surface area contributed by atoms with E-state index in [9.17, 15) is 18.0 Å². The molecule has 158 valence electrons. The number of halogens is 3. The third kappa shape index (κ3) is 4.37. The van der Waals surface area contributed by atoms with Crippen LogP contribution >= 0.6 is 0 Å². The largest absolute Gasteiger partial charge is 0.465 e. The average molecular weight is 425 g/mol. The lowest BCUT2D eigenvalue weighted by Crippen LogP contribution is -2.24. The number of nitrogens with one attached hydrogen (secondary N) is 1. The van der Waals surface area contributed by atoms with Crippen LogP contribution in [0.3, 0.4) is 0 Å². The molecule has 1 amide bonds. The number of alkyl halides is 3. The number of aryl methyl sites for hydroxylation is 1. The maximum absolute atomic E-state index is 13.4. The van der Waals surface area contributed by atoms with Gasteiger partial charge < -0.3 is 9.73 Å². The molecule has 0 aliphatic rings. The minimum Gasteiger partial charge on any atom is -0.465 e. The normalized spacial score (nSPS) is 11.5. The van der Waals surface area contributed by atoms with Gasteiger partial charge in [0.25, 0.3) is 5.91 Å². The van der Waals surface area contributed by atoms with Gasteiger partial charge in [-0.2, -0.15) is 13.2 Å². The number of nitrogens with zero attached hydrogens (tertiary/aromatic N) is 2. The quantitative estimate of drug-likeness (QED) is 0.466. The van der Waals surface area contributed by atoms with Gasteiger partial charge in [0, 0.05) is 5.69 Å². The van der Waals surface area contributed by atoms with Crippen molar-refractivity contribution in [3.8, 4) is 16.8 Å². The third-order valence-electron chi connectivity index (χ3n) is 4.76. The SMILES string of the molecule is Cc1ccc(CNC(=O)c2cncn2-c2cccc(-c3ccccc3C(F)(F)F)c2)o1. The molecule has 2 aromatic carbocycles. The van der Waals surface area contributed by atoms with E-state index in [0.717, 1.165) is 11.8 Å². The monoisotopic (exact) mass is 425 g/mol. The van der Waals surface area contributed by atoms with Crippen LogP contribution in [0.1, 0.15) is 27.6 Å². The molecule has 0 unspecified atom stereocenters. The van der Waals surface area contributed by atoms with E-state index in [2.05, 4.69) is 10.3 Å². The zero-order chi connectivity index (χ0) is 22.0. The first-order valence-corrected chi connectivity index (χ1v) is 9.46. The van der Waals surface area contributed by atoms with Crippen molar-refractivity contribution < 1.29 is 22.4 Å². The van der Waals surface area contributed by atoms with Gasteiger partial charge in [-0.05, 0) is 48.4 Å². The number of aromatic nitrogens is 2. The Bertz CT molecular complexity index is 1220. The molecule has 4 rings (SSSR count). The van der Waals surface area contributed by atoms with Crippen molar-refractivity contribution in [1.82, 2.24) is 14.9 Å². The van der Waals surface area contributed by atoms with E-state index in [0.29, 0.717) is 17.0 Å². The molecule has 2 heterocycles. The molecule has 0 spiro atoms. The fourth-order valence-corrected chi connectivity index (χ4v) is 3.31. The highest BCUT2D eigenvalue weighted by atomic mass is 19.4. The minimum atomic E-state index is -4.48. The lowest BCUT2D eigenvalue weighted by Gasteiger charge is -2.14. The van der Waals surface area contributed by atoms with Gasteiger partial charge in [-0.25, -0.2) is 4.98 Å². The third-order valence-corrected chi connectivity index (χ3v) is 4.76. The number of carbonyl (C=O) groups excluding carboxylic acids is 1. The van der Waals surface area contributed by atoms with E-state index in [4.69, 9.17) is 4.42 Å². The van der Waals surface area contributed by atoms with Gasteiger partial charge in [-0.3, -0.25) is 9.36 Å². The molecule has 0 atom stereocenters. The van der Waals surface area contributed by atoms with Crippen molar-refractivity contribution in [2.45, 2.75) is 19.6 Å². The second kappa shape index (κ2) is 8.14. The van der Waals surface area contributed by atoms with Crippen molar-refractivity contribution >= 4 is 5.91 Å². The summed E-state index contributed by atoms with van der Waals surface area (Å²) in [4.78, 5) is 16.7. The van der Waals surface area contributed by atoms with Crippen LogP contribution in [-0.2, 0) is 12.7 Å². The van der Waals surface area contributed by atoms with Gasteiger partial charge in [0.2, 0.25) is 0 Å². The lowest BCUT2D eigenvalue weighted by atomic mass is 9.99. The summed E-state index contributed by atoms with van der Waals surface area (Å²) in [6.45, 7) is 2.02. The maximum atomic E-state index is 13.4. The van der Waals surface area contributed by atoms with Crippen LogP contribution in [0.5, 0.6) is 0 Å². The Morgan fingerprint density at radius 2 is 1.90 bits per heavy atom. The van der Waals surface area contributed by atoms with Crippen molar-refractivity contribution in [2.75, 3.05) is 0 Å². The summed E-state index contributed by atoms with van der Waals surface area (Å²) in [6, 6.07) is 15.5. The van der Waals surface area contributed by atoms with Crippen molar-refractivity contribution in [2.24, 2.45) is 0 Å². The standard InChI is InChI=1S/C23H18F3N3O2/c1-15-9-10-18(31-15)12-28-22(30)21-13-27-14-29(21)17-6-4-5-16(11-17)19-7-2-3-8-20(19)23(24,25)26/h2-11,13-14H,12H2,1H3,(H,28,30). The highest BCUT2D eigenvalue weighted by Gasteiger charge is 2.33. The predicted molar refractivity (Wildman–Crippen MR) is 109 cm³/mol. The van der Waals surface area contributed by atoms with E-state index >= 15 is 0 Å². The summed E-state index contributed by atoms with van der Waals surface area (Å²) >= 11 is 0. The molecule has 0 saturated heterocycles. The average Bonchev–Trinajstić information content (AvgIpc) is 3.41. The molecule has 0 radical (unpaired) electrons. The number of rotatable bonds is 5. The Kier molecular flexibility index (Phi) is 5.37. The topological polar surface area (TPSA) is 60.1 Å².